The van der Waals surface area contributed by atoms with Crippen molar-refractivity contribution >= 4 is 52.0 Å². The van der Waals surface area contributed by atoms with Crippen molar-refractivity contribution in [2.24, 2.45) is 0 Å². The van der Waals surface area contributed by atoms with Gasteiger partial charge in [0.15, 0.2) is 11.5 Å². The monoisotopic (exact) mass is 561 g/mol. The molecular formula is C34H31N3O5. The standard InChI is InChI=1S/C34H31N3O5/c1-40-28-18-21(19-29(41-2)33(28)42-3)8-13-30(38)35-14-16-36(17-15-35)34(39)26-20-37-27-7-5-4-6-23(27)25-12-10-22-9-11-24(26)31(22)32(25)37/h4-13,18-20,24H,14-17H2,1-3H3. The van der Waals surface area contributed by atoms with E-state index >= 15 is 0 Å². The number of fused-ring (bicyclic) bond motifs is 3. The number of nitrogens with zero attached hydrogens (tertiary/aromatic N) is 3. The number of amides is 2. The van der Waals surface area contributed by atoms with E-state index in [1.165, 1.54) is 27.4 Å². The lowest BCUT2D eigenvalue weighted by Gasteiger charge is -2.36. The number of aromatic nitrogens is 1. The molecule has 3 aromatic carbocycles. The Morgan fingerprint density at radius 3 is 2.29 bits per heavy atom. The Hall–Kier alpha value is -4.98. The molecule has 1 fully saturated rings. The molecule has 1 aliphatic carbocycles. The number of rotatable bonds is 6. The van der Waals surface area contributed by atoms with Gasteiger partial charge in [-0.3, -0.25) is 9.59 Å². The third-order valence-corrected chi connectivity index (χ3v) is 8.56. The van der Waals surface area contributed by atoms with E-state index in [0.717, 1.165) is 16.7 Å². The maximum Gasteiger partial charge on any atom is 0.252 e. The Labute approximate surface area is 243 Å². The summed E-state index contributed by atoms with van der Waals surface area (Å²) >= 11 is 0. The molecular weight excluding hydrogens is 530 g/mol. The van der Waals surface area contributed by atoms with Crippen molar-refractivity contribution < 1.29 is 23.8 Å². The van der Waals surface area contributed by atoms with Crippen LogP contribution in [-0.4, -0.2) is 73.7 Å². The quantitative estimate of drug-likeness (QED) is 0.304. The van der Waals surface area contributed by atoms with Crippen molar-refractivity contribution in [3.63, 3.8) is 0 Å². The van der Waals surface area contributed by atoms with Gasteiger partial charge in [0, 0.05) is 60.7 Å². The van der Waals surface area contributed by atoms with Crippen LogP contribution in [0, 0.1) is 0 Å². The molecule has 42 heavy (non-hydrogen) atoms. The fourth-order valence-corrected chi connectivity index (χ4v) is 6.48. The lowest BCUT2D eigenvalue weighted by Crippen LogP contribution is -2.51. The Morgan fingerprint density at radius 2 is 1.57 bits per heavy atom. The van der Waals surface area contributed by atoms with Crippen LogP contribution in [0.15, 0.2) is 66.3 Å². The summed E-state index contributed by atoms with van der Waals surface area (Å²) in [4.78, 5) is 30.7. The van der Waals surface area contributed by atoms with E-state index in [0.29, 0.717) is 43.4 Å². The highest BCUT2D eigenvalue weighted by Crippen LogP contribution is 2.47. The number of allylic oxidation sites excluding steroid dienone is 1. The zero-order chi connectivity index (χ0) is 29.0. The minimum Gasteiger partial charge on any atom is -0.493 e. The van der Waals surface area contributed by atoms with E-state index in [2.05, 4.69) is 47.1 Å². The van der Waals surface area contributed by atoms with E-state index < -0.39 is 0 Å². The number of methoxy groups -OCH3 is 3. The van der Waals surface area contributed by atoms with Crippen molar-refractivity contribution in [2.75, 3.05) is 47.5 Å². The highest BCUT2D eigenvalue weighted by Gasteiger charge is 2.36. The second kappa shape index (κ2) is 10.1. The summed E-state index contributed by atoms with van der Waals surface area (Å²) in [5, 5.41) is 2.41. The molecule has 1 aromatic heterocycles. The lowest BCUT2D eigenvalue weighted by molar-refractivity contribution is -0.134. The van der Waals surface area contributed by atoms with Crippen LogP contribution in [0.2, 0.25) is 0 Å². The van der Waals surface area contributed by atoms with Crippen LogP contribution in [0.1, 0.15) is 22.6 Å². The van der Waals surface area contributed by atoms with Crippen molar-refractivity contribution in [3.05, 3.63) is 82.9 Å². The number of hydrogen-bond acceptors (Lipinski definition) is 5. The van der Waals surface area contributed by atoms with Gasteiger partial charge in [0.1, 0.15) is 0 Å². The lowest BCUT2D eigenvalue weighted by atomic mass is 9.88. The number of para-hydroxylation sites is 1. The zero-order valence-corrected chi connectivity index (χ0v) is 23.8. The summed E-state index contributed by atoms with van der Waals surface area (Å²) in [6.45, 7) is 1.90. The minimum atomic E-state index is -0.105. The van der Waals surface area contributed by atoms with Crippen LogP contribution in [0.4, 0.5) is 0 Å². The molecule has 0 saturated carbocycles. The Morgan fingerprint density at radius 1 is 0.857 bits per heavy atom. The van der Waals surface area contributed by atoms with Gasteiger partial charge in [-0.05, 0) is 41.0 Å². The summed E-state index contributed by atoms with van der Waals surface area (Å²) in [7, 11) is 4.67. The largest absolute Gasteiger partial charge is 0.493 e. The van der Waals surface area contributed by atoms with Gasteiger partial charge in [0.25, 0.3) is 5.91 Å². The first-order valence-electron chi connectivity index (χ1n) is 14.0. The fourth-order valence-electron chi connectivity index (χ4n) is 6.48. The van der Waals surface area contributed by atoms with Gasteiger partial charge >= 0.3 is 0 Å². The normalized spacial score (nSPS) is 17.3. The van der Waals surface area contributed by atoms with Crippen molar-refractivity contribution in [1.29, 1.82) is 0 Å². The number of ether oxygens (including phenoxy) is 3. The van der Waals surface area contributed by atoms with E-state index in [9.17, 15) is 9.59 Å². The first-order chi connectivity index (χ1) is 20.5. The molecule has 0 radical (unpaired) electrons. The van der Waals surface area contributed by atoms with Gasteiger partial charge in [0.2, 0.25) is 11.7 Å². The summed E-state index contributed by atoms with van der Waals surface area (Å²) in [5.74, 6) is 1.40. The Bertz CT molecular complexity index is 1830. The molecule has 0 bridgehead atoms. The molecule has 7 rings (SSSR count). The molecule has 1 saturated heterocycles. The van der Waals surface area contributed by atoms with Crippen molar-refractivity contribution in [2.45, 2.75) is 5.92 Å². The topological polar surface area (TPSA) is 73.2 Å². The first kappa shape index (κ1) is 26.0. The molecule has 2 amide bonds. The van der Waals surface area contributed by atoms with Crippen LogP contribution in [-0.2, 0) is 9.59 Å². The predicted octanol–water partition coefficient (Wildman–Crippen LogP) is 5.17. The van der Waals surface area contributed by atoms with Crippen LogP contribution in [0.5, 0.6) is 17.2 Å². The molecule has 3 heterocycles. The number of carbonyl (C=O) groups is 2. The van der Waals surface area contributed by atoms with Gasteiger partial charge in [-0.1, -0.05) is 42.5 Å². The maximum absolute atomic E-state index is 14.0. The van der Waals surface area contributed by atoms with E-state index in [1.54, 1.807) is 50.5 Å². The average molecular weight is 562 g/mol. The predicted molar refractivity (Wildman–Crippen MR) is 164 cm³/mol. The molecule has 2 aliphatic heterocycles. The summed E-state index contributed by atoms with van der Waals surface area (Å²) < 4.78 is 18.4. The highest BCUT2D eigenvalue weighted by atomic mass is 16.5. The van der Waals surface area contributed by atoms with Crippen molar-refractivity contribution in [3.8, 4) is 17.2 Å². The zero-order valence-electron chi connectivity index (χ0n) is 23.8. The number of carbonyl (C=O) groups excluding carboxylic acids is 2. The van der Waals surface area contributed by atoms with Crippen LogP contribution >= 0.6 is 0 Å². The Kier molecular flexibility index (Phi) is 6.26. The van der Waals surface area contributed by atoms with Gasteiger partial charge in [-0.15, -0.1) is 0 Å². The molecule has 212 valence electrons. The van der Waals surface area contributed by atoms with E-state index in [-0.39, 0.29) is 17.7 Å². The van der Waals surface area contributed by atoms with Crippen LogP contribution in [0.25, 0.3) is 40.2 Å². The summed E-state index contributed by atoms with van der Waals surface area (Å²) in [5.41, 5.74) is 6.20. The van der Waals surface area contributed by atoms with E-state index in [1.807, 2.05) is 17.2 Å². The molecule has 3 aliphatic rings. The van der Waals surface area contributed by atoms with Crippen LogP contribution < -0.4 is 14.2 Å². The maximum atomic E-state index is 14.0. The van der Waals surface area contributed by atoms with Gasteiger partial charge in [-0.25, -0.2) is 0 Å². The van der Waals surface area contributed by atoms with Gasteiger partial charge < -0.3 is 28.6 Å². The van der Waals surface area contributed by atoms with Crippen molar-refractivity contribution in [1.82, 2.24) is 14.4 Å². The Balaban J connectivity index is 1.08. The second-order valence-electron chi connectivity index (χ2n) is 10.7. The first-order valence-corrected chi connectivity index (χ1v) is 14.0. The van der Waals surface area contributed by atoms with Gasteiger partial charge in [0.05, 0.1) is 32.4 Å². The number of piperazine rings is 1. The molecule has 8 heteroatoms. The number of hydrogen-bond donors (Lipinski definition) is 0. The molecule has 1 unspecified atom stereocenters. The molecule has 4 aromatic rings. The molecule has 1 atom stereocenters. The van der Waals surface area contributed by atoms with E-state index in [4.69, 9.17) is 14.2 Å². The molecule has 0 N–H and O–H groups in total. The number of benzene rings is 3. The second-order valence-corrected chi connectivity index (χ2v) is 10.7. The average Bonchev–Trinajstić information content (AvgIpc) is 3.61. The third-order valence-electron chi connectivity index (χ3n) is 8.56. The SMILES string of the molecule is COc1cc(C=CC(=O)N2CCN(C(=O)C3=Cn4c5ccccc5c5ccc6c(c54)C3C=C6)CC2)cc(OC)c1OC. The summed E-state index contributed by atoms with van der Waals surface area (Å²) in [6.07, 6.45) is 9.59. The smallest absolute Gasteiger partial charge is 0.252 e. The molecule has 0 spiro atoms. The summed E-state index contributed by atoms with van der Waals surface area (Å²) in [6, 6.07) is 16.3. The van der Waals surface area contributed by atoms with Gasteiger partial charge in [-0.2, -0.15) is 0 Å². The molecule has 8 nitrogen and oxygen atoms in total. The van der Waals surface area contributed by atoms with Crippen LogP contribution in [0.3, 0.4) is 0 Å². The highest BCUT2D eigenvalue weighted by molar-refractivity contribution is 6.15. The minimum absolute atomic E-state index is 0.0259. The fraction of sp³-hybridized carbons (Fsp3) is 0.235. The third kappa shape index (κ3) is 3.97.